The fourth-order valence-electron chi connectivity index (χ4n) is 4.06. The number of benzene rings is 2. The Morgan fingerprint density at radius 1 is 1.21 bits per heavy atom. The molecule has 7 nitrogen and oxygen atoms in total. The highest BCUT2D eigenvalue weighted by Gasteiger charge is 2.23. The van der Waals surface area contributed by atoms with Gasteiger partial charge in [0.1, 0.15) is 11.1 Å². The Morgan fingerprint density at radius 2 is 2.06 bits per heavy atom. The fourth-order valence-corrected chi connectivity index (χ4v) is 4.86. The maximum atomic E-state index is 13.4. The SMILES string of the molecule is Cc1ccc(NC(=O)CSc2nc3c(oc4ccccc43)c(=O)n2C[C@H]2CCCO2)cc1C. The number of carbonyl (C=O) groups excluding carboxylic acids is 1. The van der Waals surface area contributed by atoms with Crippen molar-refractivity contribution in [1.29, 1.82) is 0 Å². The van der Waals surface area contributed by atoms with Crippen molar-refractivity contribution in [3.8, 4) is 0 Å². The summed E-state index contributed by atoms with van der Waals surface area (Å²) in [4.78, 5) is 30.8. The molecule has 8 heteroatoms. The summed E-state index contributed by atoms with van der Waals surface area (Å²) in [6.07, 6.45) is 1.82. The fraction of sp³-hybridized carbons (Fsp3) is 0.320. The van der Waals surface area contributed by atoms with E-state index in [9.17, 15) is 9.59 Å². The van der Waals surface area contributed by atoms with Gasteiger partial charge in [0.05, 0.1) is 18.4 Å². The summed E-state index contributed by atoms with van der Waals surface area (Å²) in [5, 5.41) is 4.21. The zero-order valence-corrected chi connectivity index (χ0v) is 19.4. The summed E-state index contributed by atoms with van der Waals surface area (Å²) in [6, 6.07) is 13.3. The summed E-state index contributed by atoms with van der Waals surface area (Å²) >= 11 is 1.25. The van der Waals surface area contributed by atoms with E-state index in [1.807, 2.05) is 56.3 Å². The first-order valence-electron chi connectivity index (χ1n) is 11.0. The molecule has 33 heavy (non-hydrogen) atoms. The van der Waals surface area contributed by atoms with Gasteiger partial charge in [-0.05, 0) is 62.1 Å². The van der Waals surface area contributed by atoms with Gasteiger partial charge in [0.25, 0.3) is 5.56 Å². The van der Waals surface area contributed by atoms with Gasteiger partial charge in [0, 0.05) is 17.7 Å². The second-order valence-electron chi connectivity index (χ2n) is 8.36. The summed E-state index contributed by atoms with van der Waals surface area (Å²) in [7, 11) is 0. The Morgan fingerprint density at radius 3 is 2.85 bits per heavy atom. The molecule has 1 aliphatic rings. The number of carbonyl (C=O) groups is 1. The quantitative estimate of drug-likeness (QED) is 0.330. The van der Waals surface area contributed by atoms with Gasteiger partial charge in [-0.2, -0.15) is 0 Å². The van der Waals surface area contributed by atoms with E-state index in [-0.39, 0.29) is 28.9 Å². The number of ether oxygens (including phenoxy) is 1. The van der Waals surface area contributed by atoms with Crippen LogP contribution in [0.4, 0.5) is 5.69 Å². The van der Waals surface area contributed by atoms with Crippen molar-refractivity contribution in [2.45, 2.75) is 44.5 Å². The van der Waals surface area contributed by atoms with Crippen molar-refractivity contribution in [2.24, 2.45) is 0 Å². The lowest BCUT2D eigenvalue weighted by Crippen LogP contribution is -2.29. The molecule has 0 radical (unpaired) electrons. The van der Waals surface area contributed by atoms with E-state index in [1.54, 1.807) is 4.57 Å². The number of hydrogen-bond donors (Lipinski definition) is 1. The number of furan rings is 1. The number of thioether (sulfide) groups is 1. The zero-order chi connectivity index (χ0) is 22.9. The van der Waals surface area contributed by atoms with E-state index in [0.29, 0.717) is 29.4 Å². The van der Waals surface area contributed by atoms with Crippen molar-refractivity contribution < 1.29 is 13.9 Å². The molecule has 4 aromatic rings. The van der Waals surface area contributed by atoms with Crippen LogP contribution in [0.3, 0.4) is 0 Å². The van der Waals surface area contributed by atoms with E-state index in [4.69, 9.17) is 14.1 Å². The standard InChI is InChI=1S/C25H25N3O4S/c1-15-9-10-17(12-16(15)2)26-21(29)14-33-25-27-22-19-7-3-4-8-20(19)32-23(22)24(30)28(25)13-18-6-5-11-31-18/h3-4,7-10,12,18H,5-6,11,13-14H2,1-2H3,(H,26,29)/t18-/m1/s1. The Kier molecular flexibility index (Phi) is 5.95. The van der Waals surface area contributed by atoms with Crippen LogP contribution in [0, 0.1) is 13.8 Å². The maximum Gasteiger partial charge on any atom is 0.297 e. The lowest BCUT2D eigenvalue weighted by Gasteiger charge is -2.15. The molecule has 2 aromatic heterocycles. The number of nitrogens with one attached hydrogen (secondary N) is 1. The second-order valence-corrected chi connectivity index (χ2v) is 9.30. The average Bonchev–Trinajstić information content (AvgIpc) is 3.45. The van der Waals surface area contributed by atoms with Gasteiger partial charge in [-0.1, -0.05) is 30.0 Å². The normalized spacial score (nSPS) is 16.0. The van der Waals surface area contributed by atoms with Crippen molar-refractivity contribution in [3.63, 3.8) is 0 Å². The van der Waals surface area contributed by atoms with Crippen LogP contribution in [-0.4, -0.2) is 33.9 Å². The summed E-state index contributed by atoms with van der Waals surface area (Å²) in [6.45, 7) is 5.13. The van der Waals surface area contributed by atoms with Gasteiger partial charge in [-0.15, -0.1) is 0 Å². The van der Waals surface area contributed by atoms with Gasteiger partial charge in [-0.25, -0.2) is 4.98 Å². The number of anilines is 1. The van der Waals surface area contributed by atoms with Crippen LogP contribution in [0.25, 0.3) is 22.1 Å². The van der Waals surface area contributed by atoms with Crippen molar-refractivity contribution in [3.05, 3.63) is 63.9 Å². The molecule has 1 fully saturated rings. The predicted octanol–water partition coefficient (Wildman–Crippen LogP) is 4.67. The van der Waals surface area contributed by atoms with Crippen LogP contribution in [0.15, 0.2) is 56.8 Å². The number of hydrogen-bond acceptors (Lipinski definition) is 6. The van der Waals surface area contributed by atoms with Crippen LogP contribution in [0.2, 0.25) is 0 Å². The van der Waals surface area contributed by atoms with Crippen LogP contribution in [0.5, 0.6) is 0 Å². The van der Waals surface area contributed by atoms with Crippen molar-refractivity contribution >= 4 is 45.4 Å². The van der Waals surface area contributed by atoms with Crippen LogP contribution < -0.4 is 10.9 Å². The van der Waals surface area contributed by atoms with E-state index in [0.717, 1.165) is 29.5 Å². The van der Waals surface area contributed by atoms with Crippen molar-refractivity contribution in [2.75, 3.05) is 17.7 Å². The third kappa shape index (κ3) is 4.41. The van der Waals surface area contributed by atoms with Gasteiger partial charge < -0.3 is 14.5 Å². The largest absolute Gasteiger partial charge is 0.448 e. The van der Waals surface area contributed by atoms with E-state index >= 15 is 0 Å². The van der Waals surface area contributed by atoms with Crippen LogP contribution in [0.1, 0.15) is 24.0 Å². The lowest BCUT2D eigenvalue weighted by atomic mass is 10.1. The average molecular weight is 464 g/mol. The number of nitrogens with zero attached hydrogens (tertiary/aromatic N) is 2. The maximum absolute atomic E-state index is 13.4. The molecule has 0 spiro atoms. The Labute approximate surface area is 195 Å². The number of fused-ring (bicyclic) bond motifs is 3. The highest BCUT2D eigenvalue weighted by Crippen LogP contribution is 2.28. The first kappa shape index (κ1) is 21.7. The number of para-hydroxylation sites is 1. The van der Waals surface area contributed by atoms with Gasteiger partial charge >= 0.3 is 0 Å². The smallest absolute Gasteiger partial charge is 0.297 e. The molecule has 1 amide bonds. The van der Waals surface area contributed by atoms with Gasteiger partial charge in [0.15, 0.2) is 5.16 Å². The molecule has 1 atom stereocenters. The number of amides is 1. The number of aromatic nitrogens is 2. The molecular weight excluding hydrogens is 438 g/mol. The Balaban J connectivity index is 1.45. The number of rotatable bonds is 6. The molecule has 0 bridgehead atoms. The molecule has 0 unspecified atom stereocenters. The molecule has 0 aliphatic carbocycles. The summed E-state index contributed by atoms with van der Waals surface area (Å²) in [5.74, 6) is -0.0232. The third-order valence-electron chi connectivity index (χ3n) is 5.98. The summed E-state index contributed by atoms with van der Waals surface area (Å²) < 4.78 is 13.2. The minimum atomic E-state index is -0.247. The highest BCUT2D eigenvalue weighted by molar-refractivity contribution is 7.99. The molecule has 1 N–H and O–H groups in total. The molecule has 1 aliphatic heterocycles. The van der Waals surface area contributed by atoms with Crippen LogP contribution in [-0.2, 0) is 16.1 Å². The third-order valence-corrected chi connectivity index (χ3v) is 6.96. The minimum absolute atomic E-state index is 0.0463. The Hall–Kier alpha value is -3.10. The zero-order valence-electron chi connectivity index (χ0n) is 18.6. The molecular formula is C25H25N3O4S. The monoisotopic (exact) mass is 463 g/mol. The summed E-state index contributed by atoms with van der Waals surface area (Å²) in [5.41, 5.74) is 4.17. The molecule has 2 aromatic carbocycles. The highest BCUT2D eigenvalue weighted by atomic mass is 32.2. The van der Waals surface area contributed by atoms with E-state index < -0.39 is 0 Å². The molecule has 170 valence electrons. The minimum Gasteiger partial charge on any atom is -0.448 e. The molecule has 0 saturated carbocycles. The van der Waals surface area contributed by atoms with E-state index in [2.05, 4.69) is 5.32 Å². The van der Waals surface area contributed by atoms with Gasteiger partial charge in [-0.3, -0.25) is 14.2 Å². The second kappa shape index (κ2) is 9.03. The van der Waals surface area contributed by atoms with Crippen molar-refractivity contribution in [1.82, 2.24) is 9.55 Å². The Bertz CT molecular complexity index is 1400. The number of aryl methyl sites for hydroxylation is 2. The molecule has 5 rings (SSSR count). The molecule has 3 heterocycles. The lowest BCUT2D eigenvalue weighted by molar-refractivity contribution is -0.113. The first-order chi connectivity index (χ1) is 16.0. The first-order valence-corrected chi connectivity index (χ1v) is 12.0. The van der Waals surface area contributed by atoms with Gasteiger partial charge in [0.2, 0.25) is 11.5 Å². The predicted molar refractivity (Wildman–Crippen MR) is 130 cm³/mol. The molecule has 1 saturated heterocycles. The topological polar surface area (TPSA) is 86.4 Å². The van der Waals surface area contributed by atoms with Crippen LogP contribution >= 0.6 is 11.8 Å². The van der Waals surface area contributed by atoms with E-state index in [1.165, 1.54) is 17.3 Å².